The van der Waals surface area contributed by atoms with Gasteiger partial charge in [-0.15, -0.1) is 0 Å². The summed E-state index contributed by atoms with van der Waals surface area (Å²) in [7, 11) is 0. The van der Waals surface area contributed by atoms with Crippen molar-refractivity contribution in [1.82, 2.24) is 19.6 Å². The summed E-state index contributed by atoms with van der Waals surface area (Å²) < 4.78 is 2.14. The molecule has 0 fully saturated rings. The van der Waals surface area contributed by atoms with Crippen molar-refractivity contribution in [2.45, 2.75) is 53.6 Å². The summed E-state index contributed by atoms with van der Waals surface area (Å²) in [4.78, 5) is 19.8. The summed E-state index contributed by atoms with van der Waals surface area (Å²) in [6.07, 6.45) is 4.04. The van der Waals surface area contributed by atoms with Crippen LogP contribution in [0.5, 0.6) is 0 Å². The SMILES string of the molecule is Cc1cccc(-c2ncc3ccc(-c4ccc(C(=O)NCCN(C(C)C)C(C)C)cc4C)cn23)c1. The lowest BCUT2D eigenvalue weighted by atomic mass is 9.99. The standard InChI is InChI=1S/C30H36N4O/c1-20(2)33(21(3)4)15-14-31-30(35)25-11-13-28(23(6)17-25)26-10-12-27-18-32-29(34(27)19-26)24-9-7-8-22(5)16-24/h7-13,16-21H,14-15H2,1-6H3,(H,31,35). The smallest absolute Gasteiger partial charge is 0.251 e. The molecule has 1 N–H and O–H groups in total. The molecule has 182 valence electrons. The summed E-state index contributed by atoms with van der Waals surface area (Å²) in [5.74, 6) is 0.898. The number of rotatable bonds is 8. The summed E-state index contributed by atoms with van der Waals surface area (Å²) in [6, 6.07) is 19.5. The van der Waals surface area contributed by atoms with Crippen LogP contribution in [-0.2, 0) is 0 Å². The Labute approximate surface area is 208 Å². The zero-order valence-corrected chi connectivity index (χ0v) is 21.7. The van der Waals surface area contributed by atoms with E-state index >= 15 is 0 Å². The van der Waals surface area contributed by atoms with E-state index in [0.29, 0.717) is 24.2 Å². The number of hydrogen-bond donors (Lipinski definition) is 1. The maximum Gasteiger partial charge on any atom is 0.251 e. The van der Waals surface area contributed by atoms with E-state index in [9.17, 15) is 4.79 Å². The van der Waals surface area contributed by atoms with Crippen LogP contribution in [0.2, 0.25) is 0 Å². The molecule has 0 spiro atoms. The van der Waals surface area contributed by atoms with Gasteiger partial charge in [0.05, 0.1) is 11.7 Å². The molecule has 2 aromatic heterocycles. The van der Waals surface area contributed by atoms with E-state index in [-0.39, 0.29) is 5.91 Å². The molecule has 5 heteroatoms. The number of nitrogens with one attached hydrogen (secondary N) is 1. The van der Waals surface area contributed by atoms with Gasteiger partial charge in [-0.2, -0.15) is 0 Å². The number of benzene rings is 2. The lowest BCUT2D eigenvalue weighted by molar-refractivity contribution is 0.0939. The van der Waals surface area contributed by atoms with Crippen molar-refractivity contribution in [3.63, 3.8) is 0 Å². The first-order chi connectivity index (χ1) is 16.7. The van der Waals surface area contributed by atoms with Crippen LogP contribution in [0, 0.1) is 13.8 Å². The van der Waals surface area contributed by atoms with Gasteiger partial charge < -0.3 is 5.32 Å². The molecule has 0 bridgehead atoms. The topological polar surface area (TPSA) is 49.6 Å². The van der Waals surface area contributed by atoms with Gasteiger partial charge >= 0.3 is 0 Å². The lowest BCUT2D eigenvalue weighted by Gasteiger charge is -2.30. The minimum Gasteiger partial charge on any atom is -0.351 e. The number of carbonyl (C=O) groups excluding carboxylic acids is 1. The predicted octanol–water partition coefficient (Wildman–Crippen LogP) is 6.13. The van der Waals surface area contributed by atoms with Gasteiger partial charge in [0.25, 0.3) is 5.91 Å². The van der Waals surface area contributed by atoms with Crippen molar-refractivity contribution >= 4 is 11.4 Å². The van der Waals surface area contributed by atoms with Gasteiger partial charge in [0, 0.05) is 42.5 Å². The van der Waals surface area contributed by atoms with Crippen LogP contribution in [0.4, 0.5) is 0 Å². The Morgan fingerprint density at radius 1 is 0.971 bits per heavy atom. The van der Waals surface area contributed by atoms with Gasteiger partial charge in [0.1, 0.15) is 5.82 Å². The lowest BCUT2D eigenvalue weighted by Crippen LogP contribution is -2.42. The monoisotopic (exact) mass is 468 g/mol. The third kappa shape index (κ3) is 5.46. The highest BCUT2D eigenvalue weighted by atomic mass is 16.1. The number of imidazole rings is 1. The molecule has 4 rings (SSSR count). The molecule has 0 aliphatic carbocycles. The fourth-order valence-electron chi connectivity index (χ4n) is 4.79. The number of carbonyl (C=O) groups is 1. The van der Waals surface area contributed by atoms with E-state index in [1.807, 2.05) is 24.4 Å². The number of hydrogen-bond acceptors (Lipinski definition) is 3. The van der Waals surface area contributed by atoms with Crippen LogP contribution in [0.1, 0.15) is 49.2 Å². The fraction of sp³-hybridized carbons (Fsp3) is 0.333. The summed E-state index contributed by atoms with van der Waals surface area (Å²) >= 11 is 0. The molecule has 2 aromatic carbocycles. The number of pyridine rings is 1. The maximum absolute atomic E-state index is 12.8. The molecular formula is C30H36N4O. The summed E-state index contributed by atoms with van der Waals surface area (Å²) in [5, 5.41) is 3.08. The molecule has 0 aliphatic rings. The minimum absolute atomic E-state index is 0.0288. The highest BCUT2D eigenvalue weighted by Gasteiger charge is 2.15. The highest BCUT2D eigenvalue weighted by molar-refractivity contribution is 5.95. The Kier molecular flexibility index (Phi) is 7.37. The van der Waals surface area contributed by atoms with E-state index in [2.05, 4.69) is 104 Å². The van der Waals surface area contributed by atoms with Crippen molar-refractivity contribution in [3.05, 3.63) is 83.7 Å². The number of fused-ring (bicyclic) bond motifs is 1. The molecule has 0 aliphatic heterocycles. The van der Waals surface area contributed by atoms with Crippen LogP contribution in [0.15, 0.2) is 67.0 Å². The number of nitrogens with zero attached hydrogens (tertiary/aromatic N) is 3. The van der Waals surface area contributed by atoms with Crippen LogP contribution < -0.4 is 5.32 Å². The molecule has 0 atom stereocenters. The molecule has 0 saturated carbocycles. The van der Waals surface area contributed by atoms with E-state index in [1.54, 1.807) is 0 Å². The summed E-state index contributed by atoms with van der Waals surface area (Å²) in [6.45, 7) is 14.4. The van der Waals surface area contributed by atoms with Crippen LogP contribution in [0.25, 0.3) is 28.0 Å². The average Bonchev–Trinajstić information content (AvgIpc) is 3.24. The van der Waals surface area contributed by atoms with E-state index < -0.39 is 0 Å². The van der Waals surface area contributed by atoms with Gasteiger partial charge in [0.2, 0.25) is 0 Å². The second-order valence-electron chi connectivity index (χ2n) is 9.87. The van der Waals surface area contributed by atoms with Crippen LogP contribution >= 0.6 is 0 Å². The first kappa shape index (κ1) is 24.7. The average molecular weight is 469 g/mol. The zero-order chi connectivity index (χ0) is 25.1. The minimum atomic E-state index is -0.0288. The Hall–Kier alpha value is -3.44. The van der Waals surface area contributed by atoms with Crippen molar-refractivity contribution in [2.75, 3.05) is 13.1 Å². The van der Waals surface area contributed by atoms with Gasteiger partial charge in [-0.05, 0) is 82.5 Å². The predicted molar refractivity (Wildman–Crippen MR) is 145 cm³/mol. The van der Waals surface area contributed by atoms with Crippen molar-refractivity contribution in [2.24, 2.45) is 0 Å². The van der Waals surface area contributed by atoms with Crippen molar-refractivity contribution in [3.8, 4) is 22.5 Å². The fourth-order valence-corrected chi connectivity index (χ4v) is 4.79. The largest absolute Gasteiger partial charge is 0.351 e. The molecule has 0 radical (unpaired) electrons. The van der Waals surface area contributed by atoms with Gasteiger partial charge in [-0.1, -0.05) is 35.9 Å². The molecular weight excluding hydrogens is 432 g/mol. The zero-order valence-electron chi connectivity index (χ0n) is 21.7. The first-order valence-corrected chi connectivity index (χ1v) is 12.4. The molecule has 1 amide bonds. The maximum atomic E-state index is 12.8. The number of aromatic nitrogens is 2. The number of aryl methyl sites for hydroxylation is 2. The van der Waals surface area contributed by atoms with E-state index in [0.717, 1.165) is 40.1 Å². The van der Waals surface area contributed by atoms with Crippen molar-refractivity contribution in [1.29, 1.82) is 0 Å². The quantitative estimate of drug-likeness (QED) is 0.338. The number of amides is 1. The highest BCUT2D eigenvalue weighted by Crippen LogP contribution is 2.28. The van der Waals surface area contributed by atoms with Gasteiger partial charge in [-0.25, -0.2) is 4.98 Å². The van der Waals surface area contributed by atoms with Gasteiger partial charge in [-0.3, -0.25) is 14.1 Å². The van der Waals surface area contributed by atoms with E-state index in [1.165, 1.54) is 5.56 Å². The second-order valence-corrected chi connectivity index (χ2v) is 9.87. The molecule has 0 unspecified atom stereocenters. The summed E-state index contributed by atoms with van der Waals surface area (Å²) in [5.41, 5.74) is 7.32. The molecule has 35 heavy (non-hydrogen) atoms. The molecule has 4 aromatic rings. The third-order valence-electron chi connectivity index (χ3n) is 6.59. The second kappa shape index (κ2) is 10.4. The van der Waals surface area contributed by atoms with Crippen molar-refractivity contribution < 1.29 is 4.79 Å². The van der Waals surface area contributed by atoms with Crippen LogP contribution in [0.3, 0.4) is 0 Å². The third-order valence-corrected chi connectivity index (χ3v) is 6.59. The Morgan fingerprint density at radius 2 is 1.74 bits per heavy atom. The van der Waals surface area contributed by atoms with Crippen LogP contribution in [-0.4, -0.2) is 45.4 Å². The molecule has 0 saturated heterocycles. The molecule has 5 nitrogen and oxygen atoms in total. The Morgan fingerprint density at radius 3 is 2.43 bits per heavy atom. The Balaban J connectivity index is 1.54. The molecule has 2 heterocycles. The van der Waals surface area contributed by atoms with E-state index in [4.69, 9.17) is 0 Å². The first-order valence-electron chi connectivity index (χ1n) is 12.4. The normalized spacial score (nSPS) is 11.7. The Bertz CT molecular complexity index is 1330. The van der Waals surface area contributed by atoms with Gasteiger partial charge in [0.15, 0.2) is 0 Å².